The number of ether oxygens (including phenoxy) is 2. The molecular weight excluding hydrogens is 300 g/mol. The Kier molecular flexibility index (Phi) is 3.84. The zero-order valence-electron chi connectivity index (χ0n) is 12.4. The number of benzene rings is 2. The van der Waals surface area contributed by atoms with Crippen molar-refractivity contribution < 1.29 is 19.2 Å². The molecule has 0 aromatic heterocycles. The molecule has 7 heteroatoms. The van der Waals surface area contributed by atoms with Crippen molar-refractivity contribution in [1.82, 2.24) is 0 Å². The number of anilines is 1. The van der Waals surface area contributed by atoms with Crippen LogP contribution in [0.15, 0.2) is 36.4 Å². The van der Waals surface area contributed by atoms with Crippen LogP contribution in [0.2, 0.25) is 0 Å². The Morgan fingerprint density at radius 1 is 1.26 bits per heavy atom. The van der Waals surface area contributed by atoms with Gasteiger partial charge in [-0.15, -0.1) is 0 Å². The van der Waals surface area contributed by atoms with Gasteiger partial charge in [-0.2, -0.15) is 0 Å². The Balaban J connectivity index is 2.16. The van der Waals surface area contributed by atoms with E-state index in [9.17, 15) is 14.9 Å². The summed E-state index contributed by atoms with van der Waals surface area (Å²) in [6.45, 7) is 2.25. The third-order valence-corrected chi connectivity index (χ3v) is 3.31. The van der Waals surface area contributed by atoms with Gasteiger partial charge in [0.2, 0.25) is 0 Å². The number of rotatable bonds is 4. The molecule has 0 unspecified atom stereocenters. The second kappa shape index (κ2) is 5.96. The first kappa shape index (κ1) is 14.8. The first-order valence-electron chi connectivity index (χ1n) is 7.13. The lowest BCUT2D eigenvalue weighted by atomic mass is 10.1. The van der Waals surface area contributed by atoms with Crippen LogP contribution in [0.25, 0.3) is 0 Å². The molecule has 0 spiro atoms. The van der Waals surface area contributed by atoms with E-state index in [2.05, 4.69) is 5.32 Å². The van der Waals surface area contributed by atoms with Gasteiger partial charge in [0.1, 0.15) is 11.3 Å². The van der Waals surface area contributed by atoms with Crippen molar-refractivity contribution in [2.24, 2.45) is 0 Å². The highest BCUT2D eigenvalue weighted by atomic mass is 16.6. The van der Waals surface area contributed by atoms with E-state index < -0.39 is 10.8 Å². The first-order valence-corrected chi connectivity index (χ1v) is 7.13. The van der Waals surface area contributed by atoms with Crippen molar-refractivity contribution in [1.29, 1.82) is 0 Å². The Hall–Kier alpha value is -3.09. The van der Waals surface area contributed by atoms with Gasteiger partial charge in [-0.05, 0) is 18.6 Å². The minimum Gasteiger partial charge on any atom is -0.492 e. The highest BCUT2D eigenvalue weighted by Crippen LogP contribution is 2.41. The summed E-state index contributed by atoms with van der Waals surface area (Å²) in [5, 5.41) is 13.8. The maximum Gasteiger partial charge on any atom is 0.276 e. The lowest BCUT2D eigenvalue weighted by Crippen LogP contribution is -2.13. The normalized spacial score (nSPS) is 12.3. The molecule has 1 N–H and O–H groups in total. The third kappa shape index (κ3) is 2.80. The summed E-state index contributed by atoms with van der Waals surface area (Å²) in [6.07, 6.45) is 0.708. The van der Waals surface area contributed by atoms with E-state index >= 15 is 0 Å². The molecule has 1 amide bonds. The van der Waals surface area contributed by atoms with E-state index in [4.69, 9.17) is 9.47 Å². The molecule has 0 radical (unpaired) electrons. The number of nitrogens with one attached hydrogen (secondary N) is 1. The summed E-state index contributed by atoms with van der Waals surface area (Å²) in [5.74, 6) is 0.238. The van der Waals surface area contributed by atoms with Crippen LogP contribution in [0.1, 0.15) is 23.7 Å². The molecule has 2 aromatic carbocycles. The molecule has 118 valence electrons. The molecule has 0 atom stereocenters. The Morgan fingerprint density at radius 3 is 2.78 bits per heavy atom. The van der Waals surface area contributed by atoms with Crippen LogP contribution in [0.5, 0.6) is 17.2 Å². The molecule has 0 fully saturated rings. The van der Waals surface area contributed by atoms with Crippen LogP contribution in [0, 0.1) is 10.1 Å². The van der Waals surface area contributed by atoms with Crippen LogP contribution >= 0.6 is 0 Å². The predicted molar refractivity (Wildman–Crippen MR) is 83.4 cm³/mol. The van der Waals surface area contributed by atoms with Gasteiger partial charge in [0.15, 0.2) is 11.5 Å². The van der Waals surface area contributed by atoms with E-state index in [-0.39, 0.29) is 22.7 Å². The lowest BCUT2D eigenvalue weighted by Gasteiger charge is -2.12. The van der Waals surface area contributed by atoms with Gasteiger partial charge in [0.05, 0.1) is 29.4 Å². The number of para-hydroxylation sites is 2. The van der Waals surface area contributed by atoms with Crippen LogP contribution in [-0.2, 0) is 0 Å². The van der Waals surface area contributed by atoms with Crippen LogP contribution in [0.4, 0.5) is 11.4 Å². The van der Waals surface area contributed by atoms with Crippen molar-refractivity contribution in [3.05, 3.63) is 52.1 Å². The number of non-ortho nitro benzene ring substituents is 1. The van der Waals surface area contributed by atoms with Crippen molar-refractivity contribution in [3.63, 3.8) is 0 Å². The maximum absolute atomic E-state index is 12.5. The summed E-state index contributed by atoms with van der Waals surface area (Å²) in [5.41, 5.74) is 0.458. The number of nitro benzene ring substituents is 1. The van der Waals surface area contributed by atoms with Gasteiger partial charge in [-0.25, -0.2) is 0 Å². The number of nitrogens with zero attached hydrogens (tertiary/aromatic N) is 1. The average molecular weight is 314 g/mol. The summed E-state index contributed by atoms with van der Waals surface area (Å²) in [6, 6.07) is 9.36. The van der Waals surface area contributed by atoms with Gasteiger partial charge in [-0.1, -0.05) is 19.1 Å². The Bertz CT molecular complexity index is 788. The maximum atomic E-state index is 12.5. The van der Waals surface area contributed by atoms with E-state index in [0.29, 0.717) is 24.5 Å². The smallest absolute Gasteiger partial charge is 0.276 e. The molecule has 3 rings (SSSR count). The SMILES string of the molecule is CCCOc1cc([N+](=O)[O-])cc2c1C(=O)Nc1ccccc1O2. The monoisotopic (exact) mass is 314 g/mol. The number of carbonyl (C=O) groups excluding carboxylic acids is 1. The molecule has 0 aliphatic carbocycles. The number of carbonyl (C=O) groups is 1. The number of fused-ring (bicyclic) bond motifs is 2. The molecular formula is C16H14N2O5. The molecule has 23 heavy (non-hydrogen) atoms. The number of amides is 1. The van der Waals surface area contributed by atoms with E-state index in [1.807, 2.05) is 6.92 Å². The fraction of sp³-hybridized carbons (Fsp3) is 0.188. The minimum absolute atomic E-state index is 0.104. The van der Waals surface area contributed by atoms with Gasteiger partial charge in [0.25, 0.3) is 11.6 Å². The Morgan fingerprint density at radius 2 is 2.04 bits per heavy atom. The van der Waals surface area contributed by atoms with Crippen LogP contribution in [-0.4, -0.2) is 17.4 Å². The summed E-state index contributed by atoms with van der Waals surface area (Å²) < 4.78 is 11.2. The van der Waals surface area contributed by atoms with Crippen LogP contribution in [0.3, 0.4) is 0 Å². The summed E-state index contributed by atoms with van der Waals surface area (Å²) >= 11 is 0. The van der Waals surface area contributed by atoms with Gasteiger partial charge < -0.3 is 14.8 Å². The number of hydrogen-bond acceptors (Lipinski definition) is 5. The highest BCUT2D eigenvalue weighted by Gasteiger charge is 2.28. The lowest BCUT2D eigenvalue weighted by molar-refractivity contribution is -0.385. The van der Waals surface area contributed by atoms with E-state index in [1.54, 1.807) is 24.3 Å². The standard InChI is InChI=1S/C16H14N2O5/c1-2-7-22-13-8-10(18(20)21)9-14-15(13)16(19)17-11-5-3-4-6-12(11)23-14/h3-6,8-9H,2,7H2,1H3,(H,17,19). The van der Waals surface area contributed by atoms with Gasteiger partial charge >= 0.3 is 0 Å². The van der Waals surface area contributed by atoms with Crippen molar-refractivity contribution in [2.45, 2.75) is 13.3 Å². The minimum atomic E-state index is -0.544. The van der Waals surface area contributed by atoms with Crippen LogP contribution < -0.4 is 14.8 Å². The molecule has 1 aliphatic rings. The zero-order chi connectivity index (χ0) is 16.4. The topological polar surface area (TPSA) is 90.7 Å². The molecule has 0 saturated heterocycles. The van der Waals surface area contributed by atoms with Crippen molar-refractivity contribution >= 4 is 17.3 Å². The molecule has 0 saturated carbocycles. The molecule has 7 nitrogen and oxygen atoms in total. The van der Waals surface area contributed by atoms with Crippen molar-refractivity contribution in [2.75, 3.05) is 11.9 Å². The number of hydrogen-bond donors (Lipinski definition) is 1. The Labute approximate surface area is 132 Å². The van der Waals surface area contributed by atoms with Gasteiger partial charge in [0, 0.05) is 0 Å². The van der Waals surface area contributed by atoms with Crippen molar-refractivity contribution in [3.8, 4) is 17.2 Å². The number of nitro groups is 1. The molecule has 1 aliphatic heterocycles. The second-order valence-electron chi connectivity index (χ2n) is 4.97. The van der Waals surface area contributed by atoms with E-state index in [1.165, 1.54) is 12.1 Å². The summed E-state index contributed by atoms with van der Waals surface area (Å²) in [7, 11) is 0. The predicted octanol–water partition coefficient (Wildman–Crippen LogP) is 3.74. The second-order valence-corrected chi connectivity index (χ2v) is 4.97. The highest BCUT2D eigenvalue weighted by molar-refractivity contribution is 6.10. The molecule has 2 aromatic rings. The first-order chi connectivity index (χ1) is 11.1. The van der Waals surface area contributed by atoms with E-state index in [0.717, 1.165) is 0 Å². The fourth-order valence-corrected chi connectivity index (χ4v) is 2.27. The molecule has 0 bridgehead atoms. The quantitative estimate of drug-likeness (QED) is 0.685. The summed E-state index contributed by atoms with van der Waals surface area (Å²) in [4.78, 5) is 23.1. The zero-order valence-corrected chi connectivity index (χ0v) is 12.4. The van der Waals surface area contributed by atoms with Gasteiger partial charge in [-0.3, -0.25) is 14.9 Å². The average Bonchev–Trinajstić information content (AvgIpc) is 2.68. The largest absolute Gasteiger partial charge is 0.492 e. The molecule has 1 heterocycles. The fourth-order valence-electron chi connectivity index (χ4n) is 2.27. The third-order valence-electron chi connectivity index (χ3n) is 3.31.